The number of carbonyl (C=O) groups excluding carboxylic acids is 2. The van der Waals surface area contributed by atoms with Gasteiger partial charge in [0, 0.05) is 22.8 Å². The van der Waals surface area contributed by atoms with Crippen LogP contribution in [0.5, 0.6) is 5.75 Å². The molecular formula is C18H16ClN3O5. The van der Waals surface area contributed by atoms with Crippen LogP contribution in [-0.4, -0.2) is 29.4 Å². The Hall–Kier alpha value is -3.13. The van der Waals surface area contributed by atoms with Gasteiger partial charge in [-0.15, -0.1) is 0 Å². The molecule has 1 unspecified atom stereocenters. The van der Waals surface area contributed by atoms with Crippen LogP contribution in [0.15, 0.2) is 42.5 Å². The van der Waals surface area contributed by atoms with Crippen molar-refractivity contribution in [3.05, 3.63) is 57.6 Å². The van der Waals surface area contributed by atoms with Gasteiger partial charge in [-0.3, -0.25) is 24.6 Å². The number of anilines is 2. The van der Waals surface area contributed by atoms with Gasteiger partial charge in [0.25, 0.3) is 11.6 Å². The van der Waals surface area contributed by atoms with Gasteiger partial charge in [-0.1, -0.05) is 24.6 Å². The van der Waals surface area contributed by atoms with Gasteiger partial charge in [0.15, 0.2) is 6.10 Å². The maximum Gasteiger partial charge on any atom is 0.271 e. The number of hydrogen-bond acceptors (Lipinski definition) is 5. The summed E-state index contributed by atoms with van der Waals surface area (Å²) in [5, 5.41) is 14.2. The van der Waals surface area contributed by atoms with E-state index in [1.165, 1.54) is 23.1 Å². The third kappa shape index (κ3) is 4.01. The molecular weight excluding hydrogens is 374 g/mol. The van der Waals surface area contributed by atoms with E-state index < -0.39 is 22.8 Å². The maximum atomic E-state index is 12.7. The molecule has 1 aliphatic rings. The summed E-state index contributed by atoms with van der Waals surface area (Å²) in [4.78, 5) is 36.8. The Morgan fingerprint density at radius 3 is 2.78 bits per heavy atom. The number of halogens is 1. The van der Waals surface area contributed by atoms with Crippen LogP contribution < -0.4 is 15.0 Å². The summed E-state index contributed by atoms with van der Waals surface area (Å²) < 4.78 is 5.61. The van der Waals surface area contributed by atoms with Crippen LogP contribution >= 0.6 is 11.6 Å². The summed E-state index contributed by atoms with van der Waals surface area (Å²) in [7, 11) is 0. The molecule has 27 heavy (non-hydrogen) atoms. The number of carbonyl (C=O) groups is 2. The third-order valence-electron chi connectivity index (χ3n) is 4.04. The lowest BCUT2D eigenvalue weighted by atomic mass is 10.1. The number of rotatable bonds is 5. The lowest BCUT2D eigenvalue weighted by molar-refractivity contribution is -0.384. The first-order valence-electron chi connectivity index (χ1n) is 8.21. The summed E-state index contributed by atoms with van der Waals surface area (Å²) >= 11 is 5.90. The molecule has 2 aromatic carbocycles. The number of nitro benzene ring substituents is 1. The first-order chi connectivity index (χ1) is 12.9. The predicted molar refractivity (Wildman–Crippen MR) is 100 cm³/mol. The Kier molecular flexibility index (Phi) is 5.27. The quantitative estimate of drug-likeness (QED) is 0.623. The zero-order valence-electron chi connectivity index (χ0n) is 14.3. The van der Waals surface area contributed by atoms with Crippen LogP contribution in [0.3, 0.4) is 0 Å². The molecule has 1 heterocycles. The highest BCUT2D eigenvalue weighted by molar-refractivity contribution is 6.30. The fraction of sp³-hybridized carbons (Fsp3) is 0.222. The second-order valence-corrected chi connectivity index (χ2v) is 6.34. The van der Waals surface area contributed by atoms with Crippen LogP contribution in [0.1, 0.15) is 13.3 Å². The SMILES string of the molecule is CCC1Oc2ccc([N+](=O)[O-])cc2N(CC(=O)Nc2cccc(Cl)c2)C1=O. The molecule has 0 bridgehead atoms. The standard InChI is InChI=1S/C18H16ClN3O5/c1-2-15-18(24)21(10-17(23)20-12-5-3-4-11(19)8-12)14-9-13(22(25)26)6-7-16(14)27-15/h3-9,15H,2,10H2,1H3,(H,20,23). The summed E-state index contributed by atoms with van der Waals surface area (Å²) in [6.45, 7) is 1.47. The number of nitrogens with zero attached hydrogens (tertiary/aromatic N) is 2. The van der Waals surface area contributed by atoms with E-state index in [0.717, 1.165) is 0 Å². The molecule has 9 heteroatoms. The van der Waals surface area contributed by atoms with Crippen molar-refractivity contribution in [3.63, 3.8) is 0 Å². The van der Waals surface area contributed by atoms with Gasteiger partial charge < -0.3 is 10.1 Å². The van der Waals surface area contributed by atoms with Gasteiger partial charge >= 0.3 is 0 Å². The van der Waals surface area contributed by atoms with Crippen LogP contribution in [0.25, 0.3) is 0 Å². The molecule has 0 radical (unpaired) electrons. The van der Waals surface area contributed by atoms with Crippen molar-refractivity contribution in [2.24, 2.45) is 0 Å². The van der Waals surface area contributed by atoms with E-state index in [-0.39, 0.29) is 17.9 Å². The third-order valence-corrected chi connectivity index (χ3v) is 4.27. The van der Waals surface area contributed by atoms with Crippen molar-refractivity contribution in [3.8, 4) is 5.75 Å². The number of ether oxygens (including phenoxy) is 1. The summed E-state index contributed by atoms with van der Waals surface area (Å²) in [6.07, 6.45) is -0.347. The minimum absolute atomic E-state index is 0.194. The topological polar surface area (TPSA) is 102 Å². The van der Waals surface area contributed by atoms with Crippen molar-refractivity contribution in [2.75, 3.05) is 16.8 Å². The molecule has 140 valence electrons. The molecule has 3 rings (SSSR count). The van der Waals surface area contributed by atoms with Gasteiger partial charge in [-0.25, -0.2) is 0 Å². The van der Waals surface area contributed by atoms with E-state index in [0.29, 0.717) is 22.9 Å². The summed E-state index contributed by atoms with van der Waals surface area (Å²) in [5.41, 5.74) is 0.486. The molecule has 1 aliphatic heterocycles. The van der Waals surface area contributed by atoms with Crippen LogP contribution in [0.4, 0.5) is 17.1 Å². The summed E-state index contributed by atoms with van der Waals surface area (Å²) in [6, 6.07) is 10.6. The van der Waals surface area contributed by atoms with Crippen LogP contribution in [0, 0.1) is 10.1 Å². The zero-order valence-corrected chi connectivity index (χ0v) is 15.1. The largest absolute Gasteiger partial charge is 0.478 e. The molecule has 0 saturated heterocycles. The van der Waals surface area contributed by atoms with Crippen molar-refractivity contribution in [1.82, 2.24) is 0 Å². The van der Waals surface area contributed by atoms with E-state index in [9.17, 15) is 19.7 Å². The zero-order chi connectivity index (χ0) is 19.6. The first-order valence-corrected chi connectivity index (χ1v) is 8.58. The Morgan fingerprint density at radius 1 is 1.33 bits per heavy atom. The van der Waals surface area contributed by atoms with Gasteiger partial charge in [-0.05, 0) is 30.7 Å². The molecule has 0 aliphatic carbocycles. The average Bonchev–Trinajstić information content (AvgIpc) is 2.63. The summed E-state index contributed by atoms with van der Waals surface area (Å²) in [5.74, 6) is -0.561. The Morgan fingerprint density at radius 2 is 2.11 bits per heavy atom. The maximum absolute atomic E-state index is 12.7. The number of nitro groups is 1. The van der Waals surface area contributed by atoms with Gasteiger partial charge in [-0.2, -0.15) is 0 Å². The number of hydrogen-bond donors (Lipinski definition) is 1. The molecule has 1 N–H and O–H groups in total. The molecule has 0 spiro atoms. The molecule has 2 aromatic rings. The Bertz CT molecular complexity index is 918. The van der Waals surface area contributed by atoms with E-state index in [1.54, 1.807) is 31.2 Å². The number of benzene rings is 2. The van der Waals surface area contributed by atoms with E-state index in [1.807, 2.05) is 0 Å². The number of amides is 2. The molecule has 0 aromatic heterocycles. The van der Waals surface area contributed by atoms with Gasteiger partial charge in [0.2, 0.25) is 5.91 Å². The smallest absolute Gasteiger partial charge is 0.271 e. The van der Waals surface area contributed by atoms with Gasteiger partial charge in [0.05, 0.1) is 10.6 Å². The predicted octanol–water partition coefficient (Wildman–Crippen LogP) is 3.39. The van der Waals surface area contributed by atoms with Crippen LogP contribution in [-0.2, 0) is 9.59 Å². The second kappa shape index (κ2) is 7.63. The van der Waals surface area contributed by atoms with E-state index in [4.69, 9.17) is 16.3 Å². The van der Waals surface area contributed by atoms with Crippen LogP contribution in [0.2, 0.25) is 5.02 Å². The van der Waals surface area contributed by atoms with E-state index in [2.05, 4.69) is 5.32 Å². The fourth-order valence-corrected chi connectivity index (χ4v) is 2.95. The number of fused-ring (bicyclic) bond motifs is 1. The monoisotopic (exact) mass is 389 g/mol. The number of nitrogens with one attached hydrogen (secondary N) is 1. The lowest BCUT2D eigenvalue weighted by Crippen LogP contribution is -2.48. The van der Waals surface area contributed by atoms with Crippen molar-refractivity contribution < 1.29 is 19.2 Å². The fourth-order valence-electron chi connectivity index (χ4n) is 2.76. The molecule has 8 nitrogen and oxygen atoms in total. The highest BCUT2D eigenvalue weighted by Crippen LogP contribution is 2.37. The number of non-ortho nitro benzene ring substituents is 1. The molecule has 2 amide bonds. The van der Waals surface area contributed by atoms with Crippen molar-refractivity contribution in [2.45, 2.75) is 19.4 Å². The Balaban J connectivity index is 1.88. The van der Waals surface area contributed by atoms with Crippen molar-refractivity contribution in [1.29, 1.82) is 0 Å². The minimum atomic E-state index is -0.752. The average molecular weight is 390 g/mol. The minimum Gasteiger partial charge on any atom is -0.478 e. The second-order valence-electron chi connectivity index (χ2n) is 5.91. The van der Waals surface area contributed by atoms with Gasteiger partial charge in [0.1, 0.15) is 12.3 Å². The first kappa shape index (κ1) is 18.7. The lowest BCUT2D eigenvalue weighted by Gasteiger charge is -2.33. The highest BCUT2D eigenvalue weighted by atomic mass is 35.5. The molecule has 0 fully saturated rings. The molecule has 1 atom stereocenters. The van der Waals surface area contributed by atoms with E-state index >= 15 is 0 Å². The highest BCUT2D eigenvalue weighted by Gasteiger charge is 2.35. The Labute approximate surface area is 159 Å². The molecule has 0 saturated carbocycles. The normalized spacial score (nSPS) is 15.7. The van der Waals surface area contributed by atoms with Crippen molar-refractivity contribution >= 4 is 40.5 Å².